The van der Waals surface area contributed by atoms with Crippen LogP contribution >= 0.6 is 0 Å². The Kier molecular flexibility index (Phi) is 29.9. The normalized spacial score (nSPS) is 10.7. The third-order valence-electron chi connectivity index (χ3n) is 5.85. The van der Waals surface area contributed by atoms with E-state index in [9.17, 15) is 9.59 Å². The van der Waals surface area contributed by atoms with Crippen LogP contribution in [0.4, 0.5) is 0 Å². The average molecular weight is 471 g/mol. The lowest BCUT2D eigenvalue weighted by Crippen LogP contribution is -2.10. The van der Waals surface area contributed by atoms with Gasteiger partial charge in [-0.1, -0.05) is 129 Å². The van der Waals surface area contributed by atoms with Crippen LogP contribution in [0.2, 0.25) is 0 Å². The number of aliphatic carboxylic acids is 1. The van der Waals surface area contributed by atoms with Crippen LogP contribution in [0, 0.1) is 0 Å². The number of ether oxygens (including phenoxy) is 1. The van der Waals surface area contributed by atoms with Gasteiger partial charge in [0.2, 0.25) is 0 Å². The molecule has 0 saturated heterocycles. The lowest BCUT2D eigenvalue weighted by Gasteiger charge is -2.07. The third-order valence-corrected chi connectivity index (χ3v) is 5.85. The average Bonchev–Trinajstić information content (AvgIpc) is 2.76. The molecule has 1 N–H and O–H groups in total. The standard InChI is InChI=1S/C17H34O2.C12H24O2/c1-4-5-6-7-8-9-10-11-12-13-14-15-17(18)19-16(2)3;1-2-3-4-5-6-7-8-9-10-11-12(13)14/h16H,4-15H2,1-3H3;2-11H2,1H3,(H,13,14). The Morgan fingerprint density at radius 3 is 1.15 bits per heavy atom. The molecular formula is C29H58O4. The van der Waals surface area contributed by atoms with E-state index >= 15 is 0 Å². The maximum atomic E-state index is 11.3. The Morgan fingerprint density at radius 1 is 0.545 bits per heavy atom. The van der Waals surface area contributed by atoms with Crippen molar-refractivity contribution in [3.63, 3.8) is 0 Å². The molecule has 0 bridgehead atoms. The summed E-state index contributed by atoms with van der Waals surface area (Å²) in [6.45, 7) is 8.29. The Bertz CT molecular complexity index is 406. The molecule has 0 rings (SSSR count). The first-order valence-electron chi connectivity index (χ1n) is 14.3. The highest BCUT2D eigenvalue weighted by Gasteiger charge is 2.04. The van der Waals surface area contributed by atoms with E-state index in [0.717, 1.165) is 19.3 Å². The van der Waals surface area contributed by atoms with Gasteiger partial charge in [0.05, 0.1) is 6.10 Å². The van der Waals surface area contributed by atoms with E-state index in [1.54, 1.807) is 0 Å². The van der Waals surface area contributed by atoms with E-state index in [2.05, 4.69) is 13.8 Å². The van der Waals surface area contributed by atoms with Gasteiger partial charge in [-0.2, -0.15) is 0 Å². The molecule has 0 unspecified atom stereocenters. The number of carbonyl (C=O) groups is 2. The van der Waals surface area contributed by atoms with Gasteiger partial charge in [0.15, 0.2) is 0 Å². The number of carbonyl (C=O) groups excluding carboxylic acids is 1. The molecule has 33 heavy (non-hydrogen) atoms. The maximum absolute atomic E-state index is 11.3. The van der Waals surface area contributed by atoms with Crippen LogP contribution in [0.5, 0.6) is 0 Å². The number of carboxylic acid groups (broad SMARTS) is 1. The Balaban J connectivity index is 0. The zero-order valence-corrected chi connectivity index (χ0v) is 22.8. The summed E-state index contributed by atoms with van der Waals surface area (Å²) in [7, 11) is 0. The van der Waals surface area contributed by atoms with Crippen molar-refractivity contribution in [2.75, 3.05) is 0 Å². The summed E-state index contributed by atoms with van der Waals surface area (Å²) in [5, 5.41) is 8.41. The number of esters is 1. The van der Waals surface area contributed by atoms with Crippen LogP contribution in [0.15, 0.2) is 0 Å². The van der Waals surface area contributed by atoms with E-state index < -0.39 is 5.97 Å². The largest absolute Gasteiger partial charge is 0.481 e. The number of carboxylic acids is 1. The second-order valence-corrected chi connectivity index (χ2v) is 9.80. The highest BCUT2D eigenvalue weighted by molar-refractivity contribution is 5.69. The van der Waals surface area contributed by atoms with Crippen LogP contribution in [-0.4, -0.2) is 23.1 Å². The van der Waals surface area contributed by atoms with E-state index in [-0.39, 0.29) is 12.1 Å². The quantitative estimate of drug-likeness (QED) is 0.119. The SMILES string of the molecule is CCCCCCCCCCCC(=O)O.CCCCCCCCCCCCCC(=O)OC(C)C. The molecule has 0 aliphatic carbocycles. The van der Waals surface area contributed by atoms with Crippen molar-refractivity contribution < 1.29 is 19.4 Å². The molecule has 4 nitrogen and oxygen atoms in total. The lowest BCUT2D eigenvalue weighted by molar-refractivity contribution is -0.147. The van der Waals surface area contributed by atoms with E-state index in [1.807, 2.05) is 13.8 Å². The van der Waals surface area contributed by atoms with Crippen LogP contribution in [0.3, 0.4) is 0 Å². The van der Waals surface area contributed by atoms with Crippen molar-refractivity contribution in [3.05, 3.63) is 0 Å². The highest BCUT2D eigenvalue weighted by Crippen LogP contribution is 2.12. The highest BCUT2D eigenvalue weighted by atomic mass is 16.5. The Labute approximate surface area is 206 Å². The van der Waals surface area contributed by atoms with Gasteiger partial charge in [0.25, 0.3) is 0 Å². The molecule has 0 amide bonds. The van der Waals surface area contributed by atoms with Gasteiger partial charge in [-0.15, -0.1) is 0 Å². The van der Waals surface area contributed by atoms with Gasteiger partial charge in [0, 0.05) is 12.8 Å². The Hall–Kier alpha value is -1.06. The van der Waals surface area contributed by atoms with E-state index in [4.69, 9.17) is 9.84 Å². The predicted molar refractivity (Wildman–Crippen MR) is 142 cm³/mol. The summed E-state index contributed by atoms with van der Waals surface area (Å²) in [6.07, 6.45) is 26.6. The fraction of sp³-hybridized carbons (Fsp3) is 0.931. The molecule has 0 aliphatic heterocycles. The molecule has 0 aliphatic rings. The van der Waals surface area contributed by atoms with Gasteiger partial charge in [-0.05, 0) is 26.7 Å². The molecule has 0 atom stereocenters. The summed E-state index contributed by atoms with van der Waals surface area (Å²) in [4.78, 5) is 21.5. The summed E-state index contributed by atoms with van der Waals surface area (Å²) in [5.74, 6) is -0.695. The molecule has 0 spiro atoms. The van der Waals surface area contributed by atoms with Crippen LogP contribution in [0.25, 0.3) is 0 Å². The van der Waals surface area contributed by atoms with Gasteiger partial charge in [-0.25, -0.2) is 0 Å². The third kappa shape index (κ3) is 35.7. The van der Waals surface area contributed by atoms with Crippen molar-refractivity contribution in [3.8, 4) is 0 Å². The van der Waals surface area contributed by atoms with Crippen molar-refractivity contribution >= 4 is 11.9 Å². The van der Waals surface area contributed by atoms with Gasteiger partial charge in [-0.3, -0.25) is 9.59 Å². The second-order valence-electron chi connectivity index (χ2n) is 9.80. The molecule has 0 heterocycles. The van der Waals surface area contributed by atoms with Gasteiger partial charge >= 0.3 is 11.9 Å². The monoisotopic (exact) mass is 470 g/mol. The van der Waals surface area contributed by atoms with Crippen molar-refractivity contribution in [2.24, 2.45) is 0 Å². The maximum Gasteiger partial charge on any atom is 0.306 e. The number of hydrogen-bond donors (Lipinski definition) is 1. The molecule has 198 valence electrons. The van der Waals surface area contributed by atoms with Crippen LogP contribution < -0.4 is 0 Å². The minimum Gasteiger partial charge on any atom is -0.481 e. The van der Waals surface area contributed by atoms with Gasteiger partial charge in [0.1, 0.15) is 0 Å². The van der Waals surface area contributed by atoms with Crippen molar-refractivity contribution in [2.45, 2.75) is 175 Å². The first kappa shape index (κ1) is 34.1. The smallest absolute Gasteiger partial charge is 0.306 e. The first-order valence-corrected chi connectivity index (χ1v) is 14.3. The summed E-state index contributed by atoms with van der Waals surface area (Å²) >= 11 is 0. The fourth-order valence-corrected chi connectivity index (χ4v) is 3.84. The summed E-state index contributed by atoms with van der Waals surface area (Å²) in [5.41, 5.74) is 0. The van der Waals surface area contributed by atoms with E-state index in [0.29, 0.717) is 12.8 Å². The van der Waals surface area contributed by atoms with Crippen LogP contribution in [-0.2, 0) is 14.3 Å². The summed E-state index contributed by atoms with van der Waals surface area (Å²) in [6, 6.07) is 0. The molecule has 0 aromatic rings. The molecule has 0 aromatic carbocycles. The first-order chi connectivity index (χ1) is 15.9. The zero-order chi connectivity index (χ0) is 25.0. The second kappa shape index (κ2) is 29.0. The molecule has 0 radical (unpaired) electrons. The number of rotatable bonds is 23. The molecule has 0 fully saturated rings. The summed E-state index contributed by atoms with van der Waals surface area (Å²) < 4.78 is 5.10. The molecule has 0 aromatic heterocycles. The van der Waals surface area contributed by atoms with Crippen LogP contribution in [0.1, 0.15) is 169 Å². The number of unbranched alkanes of at least 4 members (excludes halogenated alkanes) is 18. The predicted octanol–water partition coefficient (Wildman–Crippen LogP) is 9.63. The number of hydrogen-bond acceptors (Lipinski definition) is 3. The fourth-order valence-electron chi connectivity index (χ4n) is 3.84. The zero-order valence-electron chi connectivity index (χ0n) is 22.8. The van der Waals surface area contributed by atoms with E-state index in [1.165, 1.54) is 109 Å². The minimum absolute atomic E-state index is 0.0280. The van der Waals surface area contributed by atoms with Crippen molar-refractivity contribution in [1.82, 2.24) is 0 Å². The molecule has 0 saturated carbocycles. The molecular weight excluding hydrogens is 412 g/mol. The lowest BCUT2D eigenvalue weighted by atomic mass is 10.1. The Morgan fingerprint density at radius 2 is 0.848 bits per heavy atom. The topological polar surface area (TPSA) is 63.6 Å². The van der Waals surface area contributed by atoms with Crippen molar-refractivity contribution in [1.29, 1.82) is 0 Å². The van der Waals surface area contributed by atoms with Gasteiger partial charge < -0.3 is 9.84 Å². The minimum atomic E-state index is -0.659. The molecule has 4 heteroatoms.